The van der Waals surface area contributed by atoms with Crippen molar-refractivity contribution in [2.45, 2.75) is 19.8 Å². The maximum absolute atomic E-state index is 13.6. The van der Waals surface area contributed by atoms with Crippen LogP contribution in [-0.4, -0.2) is 12.4 Å². The van der Waals surface area contributed by atoms with Gasteiger partial charge in [-0.15, -0.1) is 0 Å². The molecule has 1 aliphatic rings. The minimum absolute atomic E-state index is 0.0311. The summed E-state index contributed by atoms with van der Waals surface area (Å²) >= 11 is 0. The number of fused-ring (bicyclic) bond motifs is 1. The predicted octanol–water partition coefficient (Wildman–Crippen LogP) is 2.49. The number of aryl methyl sites for hydroxylation is 1. The van der Waals surface area contributed by atoms with E-state index in [0.29, 0.717) is 30.6 Å². The van der Waals surface area contributed by atoms with Crippen molar-refractivity contribution >= 4 is 5.78 Å². The van der Waals surface area contributed by atoms with Gasteiger partial charge in [-0.3, -0.25) is 4.79 Å². The maximum Gasteiger partial charge on any atom is 0.168 e. The van der Waals surface area contributed by atoms with Gasteiger partial charge in [-0.25, -0.2) is 4.39 Å². The highest BCUT2D eigenvalue weighted by Gasteiger charge is 2.20. The molecule has 0 aromatic heterocycles. The fraction of sp³-hybridized carbons (Fsp3) is 0.364. The van der Waals surface area contributed by atoms with Gasteiger partial charge in [-0.05, 0) is 25.0 Å². The van der Waals surface area contributed by atoms with Gasteiger partial charge in [0.05, 0.1) is 12.2 Å². The van der Waals surface area contributed by atoms with Gasteiger partial charge >= 0.3 is 0 Å². The molecule has 2 nitrogen and oxygen atoms in total. The van der Waals surface area contributed by atoms with Gasteiger partial charge < -0.3 is 4.74 Å². The first-order valence-corrected chi connectivity index (χ1v) is 4.65. The Morgan fingerprint density at radius 2 is 2.21 bits per heavy atom. The molecule has 0 unspecified atom stereocenters. The molecule has 0 fully saturated rings. The summed E-state index contributed by atoms with van der Waals surface area (Å²) in [5.74, 6) is -0.304. The fourth-order valence-electron chi connectivity index (χ4n) is 1.56. The smallest absolute Gasteiger partial charge is 0.168 e. The van der Waals surface area contributed by atoms with Crippen molar-refractivity contribution in [3.05, 3.63) is 29.1 Å². The van der Waals surface area contributed by atoms with Crippen LogP contribution in [0.2, 0.25) is 0 Å². The van der Waals surface area contributed by atoms with Crippen LogP contribution in [0.5, 0.6) is 5.75 Å². The molecule has 0 atom stereocenters. The summed E-state index contributed by atoms with van der Waals surface area (Å²) in [5, 5.41) is 0. The van der Waals surface area contributed by atoms with Gasteiger partial charge in [-0.2, -0.15) is 0 Å². The van der Waals surface area contributed by atoms with Crippen molar-refractivity contribution in [2.24, 2.45) is 0 Å². The zero-order chi connectivity index (χ0) is 10.1. The second-order valence-corrected chi connectivity index (χ2v) is 3.45. The minimum atomic E-state index is -0.405. The van der Waals surface area contributed by atoms with Crippen LogP contribution >= 0.6 is 0 Å². The van der Waals surface area contributed by atoms with Crippen molar-refractivity contribution in [3.8, 4) is 5.75 Å². The molecule has 0 spiro atoms. The first-order chi connectivity index (χ1) is 6.70. The molecule has 1 aliphatic heterocycles. The van der Waals surface area contributed by atoms with Crippen LogP contribution < -0.4 is 4.74 Å². The average Bonchev–Trinajstić information content (AvgIpc) is 2.35. The van der Waals surface area contributed by atoms with Gasteiger partial charge in [0.15, 0.2) is 17.3 Å². The van der Waals surface area contributed by atoms with E-state index in [1.165, 1.54) is 0 Å². The van der Waals surface area contributed by atoms with Crippen LogP contribution in [-0.2, 0) is 0 Å². The number of rotatable bonds is 0. The molecule has 1 heterocycles. The standard InChI is InChI=1S/C11H11FO2/c1-7-4-5-8-9(13)3-2-6-14-11(8)10(7)12/h4-5H,2-3,6H2,1H3. The Labute approximate surface area is 81.7 Å². The van der Waals surface area contributed by atoms with Gasteiger partial charge in [0, 0.05) is 6.42 Å². The summed E-state index contributed by atoms with van der Waals surface area (Å²) in [6.07, 6.45) is 1.10. The molecule has 74 valence electrons. The van der Waals surface area contributed by atoms with Gasteiger partial charge in [-0.1, -0.05) is 6.07 Å². The first kappa shape index (κ1) is 9.19. The van der Waals surface area contributed by atoms with Crippen molar-refractivity contribution in [3.63, 3.8) is 0 Å². The molecule has 3 heteroatoms. The molecule has 0 N–H and O–H groups in total. The van der Waals surface area contributed by atoms with Crippen molar-refractivity contribution in [1.82, 2.24) is 0 Å². The van der Waals surface area contributed by atoms with E-state index in [0.717, 1.165) is 0 Å². The Morgan fingerprint density at radius 3 is 3.00 bits per heavy atom. The largest absolute Gasteiger partial charge is 0.490 e. The second-order valence-electron chi connectivity index (χ2n) is 3.45. The number of carbonyl (C=O) groups excluding carboxylic acids is 1. The van der Waals surface area contributed by atoms with Crippen LogP contribution in [0.1, 0.15) is 28.8 Å². The Hall–Kier alpha value is -1.38. The summed E-state index contributed by atoms with van der Waals surface area (Å²) in [5.41, 5.74) is 0.893. The highest BCUT2D eigenvalue weighted by Crippen LogP contribution is 2.29. The summed E-state index contributed by atoms with van der Waals surface area (Å²) in [7, 11) is 0. The minimum Gasteiger partial charge on any atom is -0.490 e. The number of Topliss-reactive ketones (excluding diaryl/α,β-unsaturated/α-hetero) is 1. The normalized spacial score (nSPS) is 15.7. The molecule has 2 rings (SSSR count). The number of hydrogen-bond acceptors (Lipinski definition) is 2. The molecule has 0 saturated carbocycles. The molecular formula is C11H11FO2. The van der Waals surface area contributed by atoms with Crippen LogP contribution in [0, 0.1) is 12.7 Å². The maximum atomic E-state index is 13.6. The summed E-state index contributed by atoms with van der Waals surface area (Å²) in [4.78, 5) is 11.5. The second kappa shape index (κ2) is 3.40. The summed E-state index contributed by atoms with van der Waals surface area (Å²) in [6, 6.07) is 3.25. The third-order valence-electron chi connectivity index (χ3n) is 2.39. The van der Waals surface area contributed by atoms with Crippen molar-refractivity contribution < 1.29 is 13.9 Å². The molecule has 0 radical (unpaired) electrons. The molecule has 1 aromatic rings. The number of ether oxygens (including phenoxy) is 1. The van der Waals surface area contributed by atoms with Gasteiger partial charge in [0.2, 0.25) is 0 Å². The van der Waals surface area contributed by atoms with Crippen molar-refractivity contribution in [1.29, 1.82) is 0 Å². The zero-order valence-corrected chi connectivity index (χ0v) is 7.97. The number of benzene rings is 1. The number of hydrogen-bond donors (Lipinski definition) is 0. The highest BCUT2D eigenvalue weighted by molar-refractivity contribution is 5.99. The zero-order valence-electron chi connectivity index (χ0n) is 7.97. The van der Waals surface area contributed by atoms with Gasteiger partial charge in [0.25, 0.3) is 0 Å². The average molecular weight is 194 g/mol. The fourth-order valence-corrected chi connectivity index (χ4v) is 1.56. The number of halogens is 1. The molecular weight excluding hydrogens is 183 g/mol. The van der Waals surface area contributed by atoms with E-state index in [4.69, 9.17) is 4.74 Å². The Morgan fingerprint density at radius 1 is 1.43 bits per heavy atom. The third-order valence-corrected chi connectivity index (χ3v) is 2.39. The topological polar surface area (TPSA) is 26.3 Å². The van der Waals surface area contributed by atoms with Gasteiger partial charge in [0.1, 0.15) is 0 Å². The van der Waals surface area contributed by atoms with E-state index < -0.39 is 5.82 Å². The first-order valence-electron chi connectivity index (χ1n) is 4.65. The van der Waals surface area contributed by atoms with E-state index in [1.807, 2.05) is 0 Å². The van der Waals surface area contributed by atoms with E-state index in [-0.39, 0.29) is 11.5 Å². The lowest BCUT2D eigenvalue weighted by molar-refractivity contribution is 0.0983. The van der Waals surface area contributed by atoms with E-state index in [9.17, 15) is 9.18 Å². The SMILES string of the molecule is Cc1ccc2c(c1F)OCCCC2=O. The molecule has 1 aromatic carbocycles. The van der Waals surface area contributed by atoms with Crippen LogP contribution in [0.15, 0.2) is 12.1 Å². The molecule has 0 saturated heterocycles. The summed E-state index contributed by atoms with van der Waals surface area (Å²) in [6.45, 7) is 2.08. The lowest BCUT2D eigenvalue weighted by Crippen LogP contribution is -2.01. The quantitative estimate of drug-likeness (QED) is 0.634. The lowest BCUT2D eigenvalue weighted by atomic mass is 10.0. The number of carbonyl (C=O) groups is 1. The Balaban J connectivity index is 2.58. The van der Waals surface area contributed by atoms with Crippen LogP contribution in [0.25, 0.3) is 0 Å². The molecule has 0 amide bonds. The molecule has 14 heavy (non-hydrogen) atoms. The van der Waals surface area contributed by atoms with Crippen LogP contribution in [0.4, 0.5) is 4.39 Å². The third kappa shape index (κ3) is 1.39. The lowest BCUT2D eigenvalue weighted by Gasteiger charge is -2.08. The Kier molecular flexibility index (Phi) is 2.23. The van der Waals surface area contributed by atoms with E-state index in [2.05, 4.69) is 0 Å². The van der Waals surface area contributed by atoms with Crippen molar-refractivity contribution in [2.75, 3.05) is 6.61 Å². The van der Waals surface area contributed by atoms with Crippen LogP contribution in [0.3, 0.4) is 0 Å². The number of ketones is 1. The van der Waals surface area contributed by atoms with E-state index >= 15 is 0 Å². The monoisotopic (exact) mass is 194 g/mol. The predicted molar refractivity (Wildman–Crippen MR) is 50.2 cm³/mol. The summed E-state index contributed by atoms with van der Waals surface area (Å²) < 4.78 is 18.8. The molecule has 0 aliphatic carbocycles. The Bertz CT molecular complexity index is 385. The van der Waals surface area contributed by atoms with E-state index in [1.54, 1.807) is 19.1 Å². The highest BCUT2D eigenvalue weighted by atomic mass is 19.1. The molecule has 0 bridgehead atoms.